The first-order valence-corrected chi connectivity index (χ1v) is 6.86. The molecule has 0 aliphatic rings. The molecule has 0 saturated carbocycles. The van der Waals surface area contributed by atoms with Crippen molar-refractivity contribution in [2.75, 3.05) is 10.6 Å². The largest absolute Gasteiger partial charge is 0.326 e. The van der Waals surface area contributed by atoms with Gasteiger partial charge in [-0.2, -0.15) is 0 Å². The van der Waals surface area contributed by atoms with Crippen molar-refractivity contribution in [2.24, 2.45) is 0 Å². The normalized spacial score (nSPS) is 10.0. The molecule has 0 saturated heterocycles. The van der Waals surface area contributed by atoms with Crippen LogP contribution in [0.3, 0.4) is 0 Å². The maximum Gasteiger partial charge on any atom is 0.255 e. The fraction of sp³-hybridized carbons (Fsp3) is 0.176. The molecular formula is C17H18N2O2. The van der Waals surface area contributed by atoms with E-state index in [4.69, 9.17) is 0 Å². The number of hydrogen-bond donors (Lipinski definition) is 2. The van der Waals surface area contributed by atoms with Crippen LogP contribution in [0.1, 0.15) is 29.3 Å². The average Bonchev–Trinajstić information content (AvgIpc) is 2.49. The number of aryl methyl sites for hydroxylation is 1. The molecule has 0 unspecified atom stereocenters. The first-order valence-electron chi connectivity index (χ1n) is 6.86. The van der Waals surface area contributed by atoms with Crippen molar-refractivity contribution in [3.63, 3.8) is 0 Å². The van der Waals surface area contributed by atoms with Gasteiger partial charge >= 0.3 is 0 Å². The van der Waals surface area contributed by atoms with Crippen LogP contribution in [0.25, 0.3) is 0 Å². The van der Waals surface area contributed by atoms with Gasteiger partial charge in [0.05, 0.1) is 0 Å². The molecule has 0 radical (unpaired) electrons. The molecule has 0 aliphatic carbocycles. The number of rotatable bonds is 4. The first kappa shape index (κ1) is 14.8. The Balaban J connectivity index is 2.03. The standard InChI is InChI=1S/C17H18N2O2/c1-3-16(20)18-14-7-9-15(10-8-14)19-17(21)13-6-4-5-12(2)11-13/h4-11H,3H2,1-2H3,(H,18,20)(H,19,21). The van der Waals surface area contributed by atoms with Gasteiger partial charge in [0.1, 0.15) is 0 Å². The Morgan fingerprint density at radius 1 is 0.952 bits per heavy atom. The summed E-state index contributed by atoms with van der Waals surface area (Å²) in [5.41, 5.74) is 3.07. The molecular weight excluding hydrogens is 264 g/mol. The predicted octanol–water partition coefficient (Wildman–Crippen LogP) is 3.60. The summed E-state index contributed by atoms with van der Waals surface area (Å²) in [6.45, 7) is 3.74. The molecule has 0 aliphatic heterocycles. The lowest BCUT2D eigenvalue weighted by Crippen LogP contribution is -2.12. The van der Waals surface area contributed by atoms with E-state index in [-0.39, 0.29) is 11.8 Å². The Morgan fingerprint density at radius 2 is 1.57 bits per heavy atom. The summed E-state index contributed by atoms with van der Waals surface area (Å²) in [5.74, 6) is -0.185. The molecule has 2 aromatic carbocycles. The van der Waals surface area contributed by atoms with E-state index in [0.29, 0.717) is 17.7 Å². The number of nitrogens with one attached hydrogen (secondary N) is 2. The summed E-state index contributed by atoms with van der Waals surface area (Å²) in [7, 11) is 0. The van der Waals surface area contributed by atoms with E-state index in [2.05, 4.69) is 10.6 Å². The van der Waals surface area contributed by atoms with Gasteiger partial charge in [-0.1, -0.05) is 24.6 Å². The van der Waals surface area contributed by atoms with Crippen LogP contribution in [0, 0.1) is 6.92 Å². The van der Waals surface area contributed by atoms with E-state index in [9.17, 15) is 9.59 Å². The molecule has 21 heavy (non-hydrogen) atoms. The molecule has 0 aromatic heterocycles. The summed E-state index contributed by atoms with van der Waals surface area (Å²) < 4.78 is 0. The molecule has 4 nitrogen and oxygen atoms in total. The topological polar surface area (TPSA) is 58.2 Å². The monoisotopic (exact) mass is 282 g/mol. The fourth-order valence-electron chi connectivity index (χ4n) is 1.88. The number of amides is 2. The van der Waals surface area contributed by atoms with E-state index in [1.54, 1.807) is 37.3 Å². The zero-order chi connectivity index (χ0) is 15.2. The molecule has 2 rings (SSSR count). The number of anilines is 2. The molecule has 108 valence electrons. The lowest BCUT2D eigenvalue weighted by Gasteiger charge is -2.08. The van der Waals surface area contributed by atoms with Crippen molar-refractivity contribution >= 4 is 23.2 Å². The lowest BCUT2D eigenvalue weighted by molar-refractivity contribution is -0.115. The van der Waals surface area contributed by atoms with Crippen LogP contribution in [-0.4, -0.2) is 11.8 Å². The lowest BCUT2D eigenvalue weighted by atomic mass is 10.1. The van der Waals surface area contributed by atoms with Gasteiger partial charge in [0, 0.05) is 23.4 Å². The third-order valence-corrected chi connectivity index (χ3v) is 3.03. The second-order valence-electron chi connectivity index (χ2n) is 4.80. The molecule has 2 N–H and O–H groups in total. The summed E-state index contributed by atoms with van der Waals surface area (Å²) in [5, 5.41) is 5.59. The molecule has 0 spiro atoms. The van der Waals surface area contributed by atoms with Crippen molar-refractivity contribution in [2.45, 2.75) is 20.3 Å². The Hall–Kier alpha value is -2.62. The van der Waals surface area contributed by atoms with Crippen molar-refractivity contribution in [1.29, 1.82) is 0 Å². The molecule has 2 amide bonds. The van der Waals surface area contributed by atoms with Crippen molar-refractivity contribution in [1.82, 2.24) is 0 Å². The first-order chi connectivity index (χ1) is 10.1. The highest BCUT2D eigenvalue weighted by molar-refractivity contribution is 6.04. The van der Waals surface area contributed by atoms with Crippen LogP contribution >= 0.6 is 0 Å². The van der Waals surface area contributed by atoms with Crippen LogP contribution < -0.4 is 10.6 Å². The maximum absolute atomic E-state index is 12.1. The van der Waals surface area contributed by atoms with Crippen molar-refractivity contribution in [3.05, 3.63) is 59.7 Å². The van der Waals surface area contributed by atoms with Gasteiger partial charge in [-0.25, -0.2) is 0 Å². The SMILES string of the molecule is CCC(=O)Nc1ccc(NC(=O)c2cccc(C)c2)cc1. The molecule has 2 aromatic rings. The Morgan fingerprint density at radius 3 is 2.14 bits per heavy atom. The molecule has 0 fully saturated rings. The average molecular weight is 282 g/mol. The van der Waals surface area contributed by atoms with Crippen molar-refractivity contribution in [3.8, 4) is 0 Å². The quantitative estimate of drug-likeness (QED) is 0.900. The van der Waals surface area contributed by atoms with E-state index in [1.165, 1.54) is 0 Å². The summed E-state index contributed by atoms with van der Waals surface area (Å²) in [6, 6.07) is 14.5. The summed E-state index contributed by atoms with van der Waals surface area (Å²) in [6.07, 6.45) is 0.436. The number of carbonyl (C=O) groups excluding carboxylic acids is 2. The maximum atomic E-state index is 12.1. The second-order valence-corrected chi connectivity index (χ2v) is 4.80. The Labute approximate surface area is 124 Å². The minimum absolute atomic E-state index is 0.0356. The second kappa shape index (κ2) is 6.70. The van der Waals surface area contributed by atoms with Crippen LogP contribution in [0.4, 0.5) is 11.4 Å². The van der Waals surface area contributed by atoms with Gasteiger partial charge in [-0.3, -0.25) is 9.59 Å². The van der Waals surface area contributed by atoms with Gasteiger partial charge in [0.15, 0.2) is 0 Å². The minimum atomic E-state index is -0.149. The Kier molecular flexibility index (Phi) is 4.72. The third-order valence-electron chi connectivity index (χ3n) is 3.03. The van der Waals surface area contributed by atoms with Crippen LogP contribution in [0.15, 0.2) is 48.5 Å². The van der Waals surface area contributed by atoms with Crippen LogP contribution in [-0.2, 0) is 4.79 Å². The van der Waals surface area contributed by atoms with E-state index < -0.39 is 0 Å². The molecule has 0 heterocycles. The van der Waals surface area contributed by atoms with Gasteiger partial charge in [-0.15, -0.1) is 0 Å². The van der Waals surface area contributed by atoms with Crippen LogP contribution in [0.5, 0.6) is 0 Å². The van der Waals surface area contributed by atoms with E-state index in [0.717, 1.165) is 11.3 Å². The number of benzene rings is 2. The molecule has 0 atom stereocenters. The highest BCUT2D eigenvalue weighted by Crippen LogP contribution is 2.15. The zero-order valence-corrected chi connectivity index (χ0v) is 12.1. The van der Waals surface area contributed by atoms with E-state index in [1.807, 2.05) is 25.1 Å². The predicted molar refractivity (Wildman–Crippen MR) is 84.5 cm³/mol. The number of hydrogen-bond acceptors (Lipinski definition) is 2. The third kappa shape index (κ3) is 4.18. The van der Waals surface area contributed by atoms with Gasteiger partial charge in [-0.05, 0) is 43.3 Å². The highest BCUT2D eigenvalue weighted by Gasteiger charge is 2.06. The number of carbonyl (C=O) groups is 2. The Bertz CT molecular complexity index is 648. The van der Waals surface area contributed by atoms with Crippen molar-refractivity contribution < 1.29 is 9.59 Å². The highest BCUT2D eigenvalue weighted by atomic mass is 16.2. The minimum Gasteiger partial charge on any atom is -0.326 e. The fourth-order valence-corrected chi connectivity index (χ4v) is 1.88. The van der Waals surface area contributed by atoms with Gasteiger partial charge < -0.3 is 10.6 Å². The van der Waals surface area contributed by atoms with Gasteiger partial charge in [0.2, 0.25) is 5.91 Å². The molecule has 0 bridgehead atoms. The summed E-state index contributed by atoms with van der Waals surface area (Å²) in [4.78, 5) is 23.4. The zero-order valence-electron chi connectivity index (χ0n) is 12.1. The van der Waals surface area contributed by atoms with E-state index >= 15 is 0 Å². The molecule has 4 heteroatoms. The van der Waals surface area contributed by atoms with Crippen LogP contribution in [0.2, 0.25) is 0 Å². The summed E-state index contributed by atoms with van der Waals surface area (Å²) >= 11 is 0. The smallest absolute Gasteiger partial charge is 0.255 e. The van der Waals surface area contributed by atoms with Gasteiger partial charge in [0.25, 0.3) is 5.91 Å².